The lowest BCUT2D eigenvalue weighted by molar-refractivity contribution is 0.332. The van der Waals surface area contributed by atoms with E-state index < -0.39 is 0 Å². The Hall–Kier alpha value is -1.85. The molecule has 1 N–H and O–H groups in total. The van der Waals surface area contributed by atoms with Crippen molar-refractivity contribution < 1.29 is 4.74 Å². The third kappa shape index (κ3) is 3.09. The minimum atomic E-state index is 0.350. The number of nitrogens with zero attached hydrogens (tertiary/aromatic N) is 4. The third-order valence-electron chi connectivity index (χ3n) is 2.66. The molecule has 1 aromatic heterocycles. The molecule has 18 heavy (non-hydrogen) atoms. The van der Waals surface area contributed by atoms with Gasteiger partial charge in [0.1, 0.15) is 6.61 Å². The zero-order valence-corrected chi connectivity index (χ0v) is 10.7. The number of ether oxygens (including phenoxy) is 1. The molecular weight excluding hydrogens is 230 g/mol. The molecule has 0 spiro atoms. The number of hydrogen-bond donors (Lipinski definition) is 1. The molecule has 6 heteroatoms. The highest BCUT2D eigenvalue weighted by Crippen LogP contribution is 2.19. The SMILES string of the molecule is C=CCOc1nc(NCC)nc(N2CCCC2)n1. The Bertz CT molecular complexity index is 403. The van der Waals surface area contributed by atoms with Gasteiger partial charge in [-0.2, -0.15) is 15.0 Å². The molecule has 1 saturated heterocycles. The summed E-state index contributed by atoms with van der Waals surface area (Å²) in [6.07, 6.45) is 4.04. The van der Waals surface area contributed by atoms with Gasteiger partial charge in [-0.1, -0.05) is 12.7 Å². The van der Waals surface area contributed by atoms with Crippen LogP contribution in [0.3, 0.4) is 0 Å². The van der Waals surface area contributed by atoms with Gasteiger partial charge in [0.25, 0.3) is 0 Å². The molecule has 6 nitrogen and oxygen atoms in total. The first-order valence-electron chi connectivity index (χ1n) is 6.32. The van der Waals surface area contributed by atoms with Crippen molar-refractivity contribution in [1.82, 2.24) is 15.0 Å². The fourth-order valence-corrected chi connectivity index (χ4v) is 1.84. The summed E-state index contributed by atoms with van der Waals surface area (Å²) in [6, 6.07) is 0.350. The summed E-state index contributed by atoms with van der Waals surface area (Å²) >= 11 is 0. The van der Waals surface area contributed by atoms with Crippen LogP contribution in [0.25, 0.3) is 0 Å². The first kappa shape index (κ1) is 12.6. The maximum absolute atomic E-state index is 5.40. The van der Waals surface area contributed by atoms with Gasteiger partial charge in [-0.15, -0.1) is 0 Å². The van der Waals surface area contributed by atoms with Crippen LogP contribution < -0.4 is 15.0 Å². The smallest absolute Gasteiger partial charge is 0.323 e. The van der Waals surface area contributed by atoms with Gasteiger partial charge >= 0.3 is 6.01 Å². The monoisotopic (exact) mass is 249 g/mol. The summed E-state index contributed by atoms with van der Waals surface area (Å²) in [5.74, 6) is 1.26. The molecule has 1 aliphatic heterocycles. The van der Waals surface area contributed by atoms with Gasteiger partial charge in [0, 0.05) is 19.6 Å². The summed E-state index contributed by atoms with van der Waals surface area (Å²) in [7, 11) is 0. The predicted octanol–water partition coefficient (Wildman–Crippen LogP) is 1.47. The first-order valence-corrected chi connectivity index (χ1v) is 6.32. The maximum Gasteiger partial charge on any atom is 0.323 e. The third-order valence-corrected chi connectivity index (χ3v) is 2.66. The van der Waals surface area contributed by atoms with Crippen molar-refractivity contribution in [1.29, 1.82) is 0 Å². The minimum absolute atomic E-state index is 0.350. The maximum atomic E-state index is 5.40. The van der Waals surface area contributed by atoms with Crippen LogP contribution in [0, 0.1) is 0 Å². The molecule has 0 aliphatic carbocycles. The number of aromatic nitrogens is 3. The number of nitrogens with one attached hydrogen (secondary N) is 1. The topological polar surface area (TPSA) is 63.2 Å². The van der Waals surface area contributed by atoms with Gasteiger partial charge in [-0.25, -0.2) is 0 Å². The fraction of sp³-hybridized carbons (Fsp3) is 0.583. The Morgan fingerprint density at radius 3 is 2.78 bits per heavy atom. The summed E-state index contributed by atoms with van der Waals surface area (Å²) in [5, 5.41) is 3.09. The zero-order chi connectivity index (χ0) is 12.8. The fourth-order valence-electron chi connectivity index (χ4n) is 1.84. The molecule has 0 saturated carbocycles. The Balaban J connectivity index is 2.20. The van der Waals surface area contributed by atoms with Crippen molar-refractivity contribution in [2.75, 3.05) is 36.5 Å². The number of hydrogen-bond acceptors (Lipinski definition) is 6. The van der Waals surface area contributed by atoms with E-state index in [4.69, 9.17) is 4.74 Å². The van der Waals surface area contributed by atoms with Crippen LogP contribution in [0.1, 0.15) is 19.8 Å². The van der Waals surface area contributed by atoms with Crippen molar-refractivity contribution in [3.05, 3.63) is 12.7 Å². The molecule has 1 aromatic rings. The van der Waals surface area contributed by atoms with E-state index in [0.29, 0.717) is 24.5 Å². The van der Waals surface area contributed by atoms with E-state index in [2.05, 4.69) is 31.7 Å². The number of rotatable bonds is 6. The van der Waals surface area contributed by atoms with Crippen molar-refractivity contribution in [3.63, 3.8) is 0 Å². The Kier molecular flexibility index (Phi) is 4.33. The quantitative estimate of drug-likeness (QED) is 0.770. The van der Waals surface area contributed by atoms with Crippen LogP contribution >= 0.6 is 0 Å². The lowest BCUT2D eigenvalue weighted by Crippen LogP contribution is -2.22. The van der Waals surface area contributed by atoms with Crippen molar-refractivity contribution in [3.8, 4) is 6.01 Å². The van der Waals surface area contributed by atoms with Crippen molar-refractivity contribution >= 4 is 11.9 Å². The Morgan fingerprint density at radius 2 is 2.11 bits per heavy atom. The Labute approximate surface area is 107 Å². The van der Waals surface area contributed by atoms with E-state index in [1.165, 1.54) is 12.8 Å². The van der Waals surface area contributed by atoms with Crippen LogP contribution in [0.4, 0.5) is 11.9 Å². The second kappa shape index (κ2) is 6.18. The molecule has 0 radical (unpaired) electrons. The molecule has 1 fully saturated rings. The minimum Gasteiger partial charge on any atom is -0.459 e. The molecule has 0 amide bonds. The first-order chi connectivity index (χ1) is 8.83. The normalized spacial score (nSPS) is 14.6. The second-order valence-corrected chi connectivity index (χ2v) is 4.07. The summed E-state index contributed by atoms with van der Waals surface area (Å²) in [6.45, 7) is 8.77. The predicted molar refractivity (Wildman–Crippen MR) is 71.1 cm³/mol. The van der Waals surface area contributed by atoms with E-state index in [9.17, 15) is 0 Å². The van der Waals surface area contributed by atoms with Gasteiger partial charge in [0.05, 0.1) is 0 Å². The van der Waals surface area contributed by atoms with Gasteiger partial charge in [-0.3, -0.25) is 0 Å². The molecular formula is C12H19N5O. The molecule has 0 bridgehead atoms. The number of anilines is 2. The van der Waals surface area contributed by atoms with Crippen LogP contribution in [0.5, 0.6) is 6.01 Å². The zero-order valence-electron chi connectivity index (χ0n) is 10.7. The van der Waals surface area contributed by atoms with E-state index in [0.717, 1.165) is 19.6 Å². The molecule has 0 atom stereocenters. The van der Waals surface area contributed by atoms with E-state index >= 15 is 0 Å². The van der Waals surface area contributed by atoms with Gasteiger partial charge < -0.3 is 15.0 Å². The highest BCUT2D eigenvalue weighted by molar-refractivity contribution is 5.39. The van der Waals surface area contributed by atoms with Gasteiger partial charge in [-0.05, 0) is 19.8 Å². The molecule has 98 valence electrons. The van der Waals surface area contributed by atoms with Crippen molar-refractivity contribution in [2.45, 2.75) is 19.8 Å². The summed E-state index contributed by atoms with van der Waals surface area (Å²) in [5.41, 5.74) is 0. The highest BCUT2D eigenvalue weighted by Gasteiger charge is 2.17. The molecule has 2 heterocycles. The standard InChI is InChI=1S/C12H19N5O/c1-3-9-18-12-15-10(13-4-2)14-11(16-12)17-7-5-6-8-17/h3H,1,4-9H2,2H3,(H,13,14,15,16). The van der Waals surface area contributed by atoms with Gasteiger partial charge in [0.15, 0.2) is 0 Å². The van der Waals surface area contributed by atoms with Crippen LogP contribution in [-0.2, 0) is 0 Å². The van der Waals surface area contributed by atoms with Crippen LogP contribution in [0.15, 0.2) is 12.7 Å². The largest absolute Gasteiger partial charge is 0.459 e. The molecule has 1 aliphatic rings. The van der Waals surface area contributed by atoms with Crippen LogP contribution in [0.2, 0.25) is 0 Å². The summed E-state index contributed by atoms with van der Waals surface area (Å²) in [4.78, 5) is 15.1. The van der Waals surface area contributed by atoms with E-state index in [1.807, 2.05) is 6.92 Å². The van der Waals surface area contributed by atoms with Gasteiger partial charge in [0.2, 0.25) is 11.9 Å². The van der Waals surface area contributed by atoms with E-state index in [-0.39, 0.29) is 0 Å². The highest BCUT2D eigenvalue weighted by atomic mass is 16.5. The lowest BCUT2D eigenvalue weighted by Gasteiger charge is -2.16. The van der Waals surface area contributed by atoms with Crippen LogP contribution in [-0.4, -0.2) is 41.2 Å². The molecule has 2 rings (SSSR count). The average Bonchev–Trinajstić information content (AvgIpc) is 2.90. The Morgan fingerprint density at radius 1 is 1.33 bits per heavy atom. The van der Waals surface area contributed by atoms with E-state index in [1.54, 1.807) is 6.08 Å². The molecule has 0 unspecified atom stereocenters. The molecule has 0 aromatic carbocycles. The average molecular weight is 249 g/mol. The lowest BCUT2D eigenvalue weighted by atomic mass is 10.4. The van der Waals surface area contributed by atoms with Crippen molar-refractivity contribution in [2.24, 2.45) is 0 Å². The summed E-state index contributed by atoms with van der Waals surface area (Å²) < 4.78 is 5.40. The second-order valence-electron chi connectivity index (χ2n) is 4.07.